The average Bonchev–Trinajstić information content (AvgIpc) is 3.31. The monoisotopic (exact) mass is 338 g/mol. The van der Waals surface area contributed by atoms with Crippen LogP contribution in [0, 0.1) is 11.3 Å². The smallest absolute Gasteiger partial charge is 0.143 e. The highest BCUT2D eigenvalue weighted by Gasteiger charge is 2.69. The Labute approximate surface area is 154 Å². The van der Waals surface area contributed by atoms with Gasteiger partial charge in [-0.2, -0.15) is 0 Å². The van der Waals surface area contributed by atoms with Gasteiger partial charge in [0.1, 0.15) is 5.78 Å². The Morgan fingerprint density at radius 3 is 1.42 bits per heavy atom. The molecule has 3 aromatic rings. The molecule has 26 heavy (non-hydrogen) atoms. The minimum atomic E-state index is -0.416. The van der Waals surface area contributed by atoms with Crippen LogP contribution in [-0.2, 0) is 10.2 Å². The van der Waals surface area contributed by atoms with E-state index in [2.05, 4.69) is 91.0 Å². The molecule has 3 saturated carbocycles. The van der Waals surface area contributed by atoms with Gasteiger partial charge in [0.25, 0.3) is 0 Å². The molecule has 2 unspecified atom stereocenters. The van der Waals surface area contributed by atoms with E-state index in [-0.39, 0.29) is 11.3 Å². The molecule has 0 spiro atoms. The van der Waals surface area contributed by atoms with Crippen LogP contribution in [0.2, 0.25) is 0 Å². The van der Waals surface area contributed by atoms with E-state index in [4.69, 9.17) is 0 Å². The Morgan fingerprint density at radius 2 is 1.12 bits per heavy atom. The number of benzene rings is 3. The van der Waals surface area contributed by atoms with Crippen LogP contribution >= 0.6 is 0 Å². The van der Waals surface area contributed by atoms with Crippen LogP contribution < -0.4 is 0 Å². The molecule has 3 aromatic carbocycles. The van der Waals surface area contributed by atoms with Gasteiger partial charge in [-0.05, 0) is 36.0 Å². The fraction of sp³-hybridized carbons (Fsp3) is 0.240. The second-order valence-corrected chi connectivity index (χ2v) is 7.73. The first-order valence-corrected chi connectivity index (χ1v) is 9.50. The van der Waals surface area contributed by atoms with Gasteiger partial charge < -0.3 is 0 Å². The summed E-state index contributed by atoms with van der Waals surface area (Å²) in [5.74, 6) is 0.736. The molecule has 0 aliphatic heterocycles. The first-order valence-electron chi connectivity index (χ1n) is 9.50. The topological polar surface area (TPSA) is 17.1 Å². The van der Waals surface area contributed by atoms with Crippen molar-refractivity contribution in [3.63, 3.8) is 0 Å². The molecule has 1 heteroatoms. The van der Waals surface area contributed by atoms with Crippen LogP contribution in [0.5, 0.6) is 0 Å². The fourth-order valence-electron chi connectivity index (χ4n) is 5.67. The molecule has 128 valence electrons. The number of rotatable bonds is 4. The van der Waals surface area contributed by atoms with Crippen molar-refractivity contribution in [1.82, 2.24) is 0 Å². The molecule has 0 N–H and O–H groups in total. The maximum absolute atomic E-state index is 13.3. The fourth-order valence-corrected chi connectivity index (χ4v) is 5.67. The Bertz CT molecular complexity index is 829. The Hall–Kier alpha value is -2.67. The summed E-state index contributed by atoms with van der Waals surface area (Å²) in [5, 5.41) is 0. The van der Waals surface area contributed by atoms with E-state index < -0.39 is 5.41 Å². The van der Waals surface area contributed by atoms with Crippen molar-refractivity contribution in [2.45, 2.75) is 24.7 Å². The molecule has 6 rings (SSSR count). The maximum atomic E-state index is 13.3. The number of Topliss-reactive ketones (excluding diaryl/α,β-unsaturated/α-hetero) is 1. The molecule has 0 radical (unpaired) electrons. The molecule has 2 atom stereocenters. The van der Waals surface area contributed by atoms with Crippen LogP contribution in [0.1, 0.15) is 36.0 Å². The van der Waals surface area contributed by atoms with Crippen molar-refractivity contribution in [3.8, 4) is 0 Å². The minimum Gasteiger partial charge on any atom is -0.299 e. The molecule has 0 amide bonds. The van der Waals surface area contributed by atoms with E-state index in [0.717, 1.165) is 19.3 Å². The van der Waals surface area contributed by atoms with Crippen molar-refractivity contribution in [2.75, 3.05) is 0 Å². The van der Waals surface area contributed by atoms with Crippen molar-refractivity contribution in [3.05, 3.63) is 108 Å². The van der Waals surface area contributed by atoms with Gasteiger partial charge in [0.15, 0.2) is 0 Å². The third kappa shape index (κ3) is 1.83. The molecule has 3 fully saturated rings. The van der Waals surface area contributed by atoms with Gasteiger partial charge in [-0.3, -0.25) is 4.79 Å². The molecule has 1 nitrogen and oxygen atoms in total. The zero-order valence-corrected chi connectivity index (χ0v) is 14.8. The lowest BCUT2D eigenvalue weighted by atomic mass is 9.46. The predicted molar refractivity (Wildman–Crippen MR) is 104 cm³/mol. The summed E-state index contributed by atoms with van der Waals surface area (Å²) in [6.45, 7) is 0. The highest BCUT2D eigenvalue weighted by Crippen LogP contribution is 2.68. The molecule has 0 saturated heterocycles. The second-order valence-electron chi connectivity index (χ2n) is 7.73. The second kappa shape index (κ2) is 5.67. The Kier molecular flexibility index (Phi) is 3.40. The standard InChI is InChI=1S/C25H22O/c26-23-19-16-17-24(23,18-19)25(20-10-4-1-5-11-20,21-12-6-2-7-13-21)22-14-8-3-9-15-22/h1-15,19H,16-18H2. The summed E-state index contributed by atoms with van der Waals surface area (Å²) in [4.78, 5) is 13.3. The predicted octanol–water partition coefficient (Wildman–Crippen LogP) is 5.39. The first kappa shape index (κ1) is 15.6. The molecule has 3 aliphatic carbocycles. The Morgan fingerprint density at radius 1 is 0.692 bits per heavy atom. The van der Waals surface area contributed by atoms with Gasteiger partial charge in [-0.15, -0.1) is 0 Å². The minimum absolute atomic E-state index is 0.269. The van der Waals surface area contributed by atoms with E-state index in [0.29, 0.717) is 5.78 Å². The number of hydrogen-bond donors (Lipinski definition) is 0. The average molecular weight is 338 g/mol. The molecule has 0 aromatic heterocycles. The molecule has 3 aliphatic rings. The number of hydrogen-bond acceptors (Lipinski definition) is 1. The van der Waals surface area contributed by atoms with E-state index in [1.54, 1.807) is 0 Å². The zero-order chi connectivity index (χ0) is 17.6. The van der Waals surface area contributed by atoms with Crippen molar-refractivity contribution >= 4 is 5.78 Å². The van der Waals surface area contributed by atoms with Crippen LogP contribution in [0.25, 0.3) is 0 Å². The molecule has 0 heterocycles. The number of fused-ring (bicyclic) bond motifs is 1. The number of carbonyl (C=O) groups excluding carboxylic acids is 1. The van der Waals surface area contributed by atoms with E-state index >= 15 is 0 Å². The van der Waals surface area contributed by atoms with E-state index in [1.165, 1.54) is 16.7 Å². The number of carbonyl (C=O) groups is 1. The van der Waals surface area contributed by atoms with E-state index in [1.807, 2.05) is 0 Å². The SMILES string of the molecule is O=C1C2CCC1(C(c1ccccc1)(c1ccccc1)c1ccccc1)C2. The lowest BCUT2D eigenvalue weighted by Crippen LogP contribution is -2.57. The summed E-state index contributed by atoms with van der Waals surface area (Å²) in [5.41, 5.74) is 2.95. The summed E-state index contributed by atoms with van der Waals surface area (Å²) in [6.07, 6.45) is 3.02. The van der Waals surface area contributed by atoms with Crippen LogP contribution in [0.4, 0.5) is 0 Å². The van der Waals surface area contributed by atoms with Gasteiger partial charge in [0.2, 0.25) is 0 Å². The van der Waals surface area contributed by atoms with Crippen molar-refractivity contribution in [1.29, 1.82) is 0 Å². The van der Waals surface area contributed by atoms with Crippen LogP contribution in [-0.4, -0.2) is 5.78 Å². The van der Waals surface area contributed by atoms with Crippen LogP contribution in [0.3, 0.4) is 0 Å². The third-order valence-corrected chi connectivity index (χ3v) is 6.70. The van der Waals surface area contributed by atoms with Crippen molar-refractivity contribution in [2.24, 2.45) is 11.3 Å². The van der Waals surface area contributed by atoms with Crippen LogP contribution in [0.15, 0.2) is 91.0 Å². The van der Waals surface area contributed by atoms with Gasteiger partial charge in [0.05, 0.1) is 5.41 Å². The maximum Gasteiger partial charge on any atom is 0.143 e. The van der Waals surface area contributed by atoms with E-state index in [9.17, 15) is 4.79 Å². The Balaban J connectivity index is 1.89. The lowest BCUT2D eigenvalue weighted by molar-refractivity contribution is -0.142. The summed E-state index contributed by atoms with van der Waals surface area (Å²) < 4.78 is 0. The quantitative estimate of drug-likeness (QED) is 0.583. The van der Waals surface area contributed by atoms with Gasteiger partial charge >= 0.3 is 0 Å². The molecule has 2 bridgehead atoms. The summed E-state index contributed by atoms with van der Waals surface area (Å²) in [7, 11) is 0. The summed E-state index contributed by atoms with van der Waals surface area (Å²) in [6, 6.07) is 32.0. The molecular weight excluding hydrogens is 316 g/mol. The number of ketones is 1. The zero-order valence-electron chi connectivity index (χ0n) is 14.8. The molecular formula is C25H22O. The summed E-state index contributed by atoms with van der Waals surface area (Å²) >= 11 is 0. The normalized spacial score (nSPS) is 24.3. The van der Waals surface area contributed by atoms with Gasteiger partial charge in [0, 0.05) is 11.3 Å². The first-order chi connectivity index (χ1) is 12.8. The van der Waals surface area contributed by atoms with Crippen molar-refractivity contribution < 1.29 is 4.79 Å². The van der Waals surface area contributed by atoms with Gasteiger partial charge in [-0.1, -0.05) is 91.0 Å². The highest BCUT2D eigenvalue weighted by atomic mass is 16.1. The highest BCUT2D eigenvalue weighted by molar-refractivity contribution is 5.98. The third-order valence-electron chi connectivity index (χ3n) is 6.70. The lowest BCUT2D eigenvalue weighted by Gasteiger charge is -2.53. The largest absolute Gasteiger partial charge is 0.299 e. The van der Waals surface area contributed by atoms with Gasteiger partial charge in [-0.25, -0.2) is 0 Å².